The maximum atomic E-state index is 3.65. The Bertz CT molecular complexity index is 425. The molecule has 1 aromatic rings. The van der Waals surface area contributed by atoms with E-state index in [1.54, 1.807) is 0 Å². The van der Waals surface area contributed by atoms with Crippen molar-refractivity contribution in [3.63, 3.8) is 0 Å². The van der Waals surface area contributed by atoms with E-state index in [2.05, 4.69) is 83.9 Å². The summed E-state index contributed by atoms with van der Waals surface area (Å²) in [5.74, 6) is 0. The molecule has 0 saturated heterocycles. The van der Waals surface area contributed by atoms with Crippen LogP contribution in [0.25, 0.3) is 0 Å². The summed E-state index contributed by atoms with van der Waals surface area (Å²) in [6.45, 7) is 17.8. The average Bonchev–Trinajstić information content (AvgIpc) is 2.34. The second kappa shape index (κ2) is 7.42. The number of rotatable bonds is 6. The lowest BCUT2D eigenvalue weighted by Crippen LogP contribution is -2.43. The van der Waals surface area contributed by atoms with E-state index in [9.17, 15) is 0 Å². The standard InChI is InChI=1S/C19H34N2/c1-9-20-18(13-21(8)16(4)19(5,6)7)17-11-14(2)10-15(3)12-17/h10-12,16,18,20H,9,13H2,1-8H3. The lowest BCUT2D eigenvalue weighted by molar-refractivity contribution is 0.129. The lowest BCUT2D eigenvalue weighted by Gasteiger charge is -2.37. The predicted octanol–water partition coefficient (Wildman–Crippen LogP) is 4.32. The van der Waals surface area contributed by atoms with Crippen molar-refractivity contribution in [2.45, 2.75) is 60.5 Å². The van der Waals surface area contributed by atoms with Crippen molar-refractivity contribution in [2.75, 3.05) is 20.1 Å². The Morgan fingerprint density at radius 3 is 2.05 bits per heavy atom. The van der Waals surface area contributed by atoms with Crippen LogP contribution in [0.2, 0.25) is 0 Å². The van der Waals surface area contributed by atoms with Crippen LogP contribution < -0.4 is 5.32 Å². The summed E-state index contributed by atoms with van der Waals surface area (Å²) in [4.78, 5) is 2.48. The lowest BCUT2D eigenvalue weighted by atomic mass is 9.86. The van der Waals surface area contributed by atoms with Crippen molar-refractivity contribution in [1.29, 1.82) is 0 Å². The third kappa shape index (κ3) is 5.44. The van der Waals surface area contributed by atoms with Gasteiger partial charge in [0.1, 0.15) is 0 Å². The highest BCUT2D eigenvalue weighted by atomic mass is 15.2. The van der Waals surface area contributed by atoms with Crippen molar-refractivity contribution >= 4 is 0 Å². The van der Waals surface area contributed by atoms with Gasteiger partial charge in [-0.25, -0.2) is 0 Å². The van der Waals surface area contributed by atoms with E-state index in [-0.39, 0.29) is 0 Å². The van der Waals surface area contributed by atoms with E-state index in [4.69, 9.17) is 0 Å². The molecule has 2 atom stereocenters. The zero-order valence-corrected chi connectivity index (χ0v) is 15.2. The second-order valence-electron chi connectivity index (χ2n) is 7.51. The van der Waals surface area contributed by atoms with Crippen LogP contribution >= 0.6 is 0 Å². The van der Waals surface area contributed by atoms with Crippen LogP contribution in [0.4, 0.5) is 0 Å². The summed E-state index contributed by atoms with van der Waals surface area (Å²) in [6, 6.07) is 7.81. The molecule has 0 aliphatic carbocycles. The van der Waals surface area contributed by atoms with Crippen LogP contribution in [0, 0.1) is 19.3 Å². The summed E-state index contributed by atoms with van der Waals surface area (Å²) in [6.07, 6.45) is 0. The second-order valence-corrected chi connectivity index (χ2v) is 7.51. The summed E-state index contributed by atoms with van der Waals surface area (Å²) in [5.41, 5.74) is 4.40. The molecule has 0 spiro atoms. The number of benzene rings is 1. The monoisotopic (exact) mass is 290 g/mol. The topological polar surface area (TPSA) is 15.3 Å². The molecule has 0 heterocycles. The number of nitrogens with zero attached hydrogens (tertiary/aromatic N) is 1. The Hall–Kier alpha value is -0.860. The van der Waals surface area contributed by atoms with E-state index in [0.717, 1.165) is 13.1 Å². The highest BCUT2D eigenvalue weighted by Gasteiger charge is 2.25. The summed E-state index contributed by atoms with van der Waals surface area (Å²) < 4.78 is 0. The SMILES string of the molecule is CCNC(CN(C)C(C)C(C)(C)C)c1cc(C)cc(C)c1. The molecule has 0 aliphatic rings. The van der Waals surface area contributed by atoms with Gasteiger partial charge in [0.15, 0.2) is 0 Å². The molecule has 1 N–H and O–H groups in total. The fourth-order valence-corrected chi connectivity index (χ4v) is 2.85. The molecule has 0 fully saturated rings. The first-order chi connectivity index (χ1) is 9.65. The molecule has 0 aromatic heterocycles. The van der Waals surface area contributed by atoms with Crippen LogP contribution in [0.3, 0.4) is 0 Å². The van der Waals surface area contributed by atoms with Gasteiger partial charge in [-0.3, -0.25) is 0 Å². The normalized spacial score (nSPS) is 15.3. The predicted molar refractivity (Wildman–Crippen MR) is 93.9 cm³/mol. The Kier molecular flexibility index (Phi) is 6.42. The van der Waals surface area contributed by atoms with E-state index in [1.165, 1.54) is 16.7 Å². The zero-order valence-electron chi connectivity index (χ0n) is 15.2. The molecule has 120 valence electrons. The highest BCUT2D eigenvalue weighted by Crippen LogP contribution is 2.25. The maximum Gasteiger partial charge on any atom is 0.0449 e. The fourth-order valence-electron chi connectivity index (χ4n) is 2.85. The van der Waals surface area contributed by atoms with Gasteiger partial charge in [0.2, 0.25) is 0 Å². The minimum absolute atomic E-state index is 0.300. The minimum atomic E-state index is 0.300. The molecule has 1 rings (SSSR count). The number of nitrogens with one attached hydrogen (secondary N) is 1. The van der Waals surface area contributed by atoms with E-state index in [1.807, 2.05) is 0 Å². The first-order valence-electron chi connectivity index (χ1n) is 8.17. The number of hydrogen-bond donors (Lipinski definition) is 1. The van der Waals surface area contributed by atoms with Gasteiger partial charge in [-0.05, 0) is 45.3 Å². The molecule has 2 heteroatoms. The van der Waals surface area contributed by atoms with Gasteiger partial charge >= 0.3 is 0 Å². The third-order valence-electron chi connectivity index (χ3n) is 4.48. The molecule has 0 amide bonds. The van der Waals surface area contributed by atoms with Crippen LogP contribution in [0.5, 0.6) is 0 Å². The number of hydrogen-bond acceptors (Lipinski definition) is 2. The first-order valence-corrected chi connectivity index (χ1v) is 8.17. The van der Waals surface area contributed by atoms with Gasteiger partial charge in [0.25, 0.3) is 0 Å². The molecule has 0 bridgehead atoms. The quantitative estimate of drug-likeness (QED) is 0.839. The third-order valence-corrected chi connectivity index (χ3v) is 4.48. The van der Waals surface area contributed by atoms with Crippen LogP contribution in [-0.2, 0) is 0 Å². The number of likely N-dealkylation sites (N-methyl/N-ethyl adjacent to an activating group) is 2. The molecule has 0 aliphatic heterocycles. The van der Waals surface area contributed by atoms with Crippen molar-refractivity contribution in [3.8, 4) is 0 Å². The van der Waals surface area contributed by atoms with Crippen LogP contribution in [0.1, 0.15) is 57.4 Å². The first kappa shape index (κ1) is 18.2. The Morgan fingerprint density at radius 2 is 1.62 bits per heavy atom. The van der Waals surface area contributed by atoms with Gasteiger partial charge < -0.3 is 10.2 Å². The Balaban J connectivity index is 2.92. The highest BCUT2D eigenvalue weighted by molar-refractivity contribution is 5.31. The fraction of sp³-hybridized carbons (Fsp3) is 0.684. The van der Waals surface area contributed by atoms with Gasteiger partial charge in [-0.15, -0.1) is 0 Å². The van der Waals surface area contributed by atoms with Crippen molar-refractivity contribution in [2.24, 2.45) is 5.41 Å². The van der Waals surface area contributed by atoms with Crippen molar-refractivity contribution in [3.05, 3.63) is 34.9 Å². The summed E-state index contributed by atoms with van der Waals surface area (Å²) in [5, 5.41) is 3.65. The molecular weight excluding hydrogens is 256 g/mol. The Labute approximate surface area is 131 Å². The number of aryl methyl sites for hydroxylation is 2. The van der Waals surface area contributed by atoms with E-state index in [0.29, 0.717) is 17.5 Å². The van der Waals surface area contributed by atoms with E-state index < -0.39 is 0 Å². The minimum Gasteiger partial charge on any atom is -0.309 e. The van der Waals surface area contributed by atoms with Crippen LogP contribution in [-0.4, -0.2) is 31.1 Å². The van der Waals surface area contributed by atoms with Gasteiger partial charge in [-0.2, -0.15) is 0 Å². The maximum absolute atomic E-state index is 3.65. The molecular formula is C19H34N2. The van der Waals surface area contributed by atoms with Crippen LogP contribution in [0.15, 0.2) is 18.2 Å². The van der Waals surface area contributed by atoms with Crippen molar-refractivity contribution in [1.82, 2.24) is 10.2 Å². The smallest absolute Gasteiger partial charge is 0.0449 e. The van der Waals surface area contributed by atoms with Gasteiger partial charge in [0.05, 0.1) is 0 Å². The largest absolute Gasteiger partial charge is 0.309 e. The molecule has 2 unspecified atom stereocenters. The van der Waals surface area contributed by atoms with Crippen molar-refractivity contribution < 1.29 is 0 Å². The molecule has 21 heavy (non-hydrogen) atoms. The molecule has 2 nitrogen and oxygen atoms in total. The van der Waals surface area contributed by atoms with Gasteiger partial charge in [-0.1, -0.05) is 57.0 Å². The Morgan fingerprint density at radius 1 is 1.10 bits per heavy atom. The summed E-state index contributed by atoms with van der Waals surface area (Å²) in [7, 11) is 2.24. The van der Waals surface area contributed by atoms with E-state index >= 15 is 0 Å². The van der Waals surface area contributed by atoms with Gasteiger partial charge in [0, 0.05) is 18.6 Å². The zero-order chi connectivity index (χ0) is 16.2. The average molecular weight is 290 g/mol. The molecule has 0 radical (unpaired) electrons. The summed E-state index contributed by atoms with van der Waals surface area (Å²) >= 11 is 0. The molecule has 1 aromatic carbocycles. The molecule has 0 saturated carbocycles.